The lowest BCUT2D eigenvalue weighted by molar-refractivity contribution is -0.142. The first-order valence-electron chi connectivity index (χ1n) is 8.95. The third-order valence-electron chi connectivity index (χ3n) is 5.97. The molecule has 2 amide bonds. The second kappa shape index (κ2) is 5.81. The zero-order valence-electron chi connectivity index (χ0n) is 14.1. The Labute approximate surface area is 155 Å². The van der Waals surface area contributed by atoms with Gasteiger partial charge in [0.05, 0.1) is 5.56 Å². The maximum atomic E-state index is 12.7. The highest BCUT2D eigenvalue weighted by atomic mass is 32.1. The third-order valence-corrected chi connectivity index (χ3v) is 6.65. The van der Waals surface area contributed by atoms with Gasteiger partial charge in [0.2, 0.25) is 5.91 Å². The Bertz CT molecular complexity index is 869. The van der Waals surface area contributed by atoms with Crippen molar-refractivity contribution in [1.29, 1.82) is 0 Å². The minimum absolute atomic E-state index is 0.0343. The molecule has 1 aliphatic heterocycles. The number of rotatable bonds is 2. The van der Waals surface area contributed by atoms with Gasteiger partial charge in [-0.2, -0.15) is 0 Å². The number of benzene rings is 1. The summed E-state index contributed by atoms with van der Waals surface area (Å²) in [5.74, 6) is 0.881. The summed E-state index contributed by atoms with van der Waals surface area (Å²) in [5, 5.41) is 8.54. The van der Waals surface area contributed by atoms with Crippen LogP contribution in [-0.4, -0.2) is 22.5 Å². The topological polar surface area (TPSA) is 80.3 Å². The summed E-state index contributed by atoms with van der Waals surface area (Å²) in [7, 11) is 0. The molecule has 2 N–H and O–H groups in total. The predicted molar refractivity (Wildman–Crippen MR) is 96.9 cm³/mol. The molecule has 2 aromatic rings. The van der Waals surface area contributed by atoms with Crippen LogP contribution in [0, 0.1) is 17.8 Å². The molecule has 4 aliphatic rings. The number of para-hydroxylation sites is 1. The lowest BCUT2D eigenvalue weighted by Gasteiger charge is -2.55. The van der Waals surface area contributed by atoms with Gasteiger partial charge in [0, 0.05) is 29.8 Å². The Morgan fingerprint density at radius 3 is 3.00 bits per heavy atom. The molecule has 1 aromatic heterocycles. The molecule has 3 saturated carbocycles. The molecule has 0 radical (unpaired) electrons. The lowest BCUT2D eigenvalue weighted by atomic mass is 9.60. The third kappa shape index (κ3) is 2.41. The molecule has 134 valence electrons. The van der Waals surface area contributed by atoms with Crippen LogP contribution in [0.3, 0.4) is 0 Å². The molecule has 3 aliphatic carbocycles. The molecule has 7 heteroatoms. The van der Waals surface area contributed by atoms with E-state index < -0.39 is 5.72 Å². The van der Waals surface area contributed by atoms with Gasteiger partial charge in [0.25, 0.3) is 5.91 Å². The molecule has 1 aromatic carbocycles. The number of nitrogens with one attached hydrogen (secondary N) is 2. The number of anilines is 1. The average molecular weight is 369 g/mol. The van der Waals surface area contributed by atoms with E-state index in [1.54, 1.807) is 12.3 Å². The van der Waals surface area contributed by atoms with Crippen molar-refractivity contribution in [3.63, 3.8) is 0 Å². The van der Waals surface area contributed by atoms with E-state index in [9.17, 15) is 9.59 Å². The fraction of sp³-hybridized carbons (Fsp3) is 0.421. The zero-order chi connectivity index (χ0) is 17.7. The highest BCUT2D eigenvalue weighted by Gasteiger charge is 2.57. The van der Waals surface area contributed by atoms with Gasteiger partial charge in [-0.15, -0.1) is 11.3 Å². The Morgan fingerprint density at radius 2 is 2.23 bits per heavy atom. The summed E-state index contributed by atoms with van der Waals surface area (Å²) < 4.78 is 6.32. The molecule has 2 bridgehead atoms. The molecule has 0 unspecified atom stereocenters. The summed E-state index contributed by atoms with van der Waals surface area (Å²) in [4.78, 5) is 29.4. The van der Waals surface area contributed by atoms with E-state index in [1.807, 2.05) is 23.6 Å². The van der Waals surface area contributed by atoms with Gasteiger partial charge in [-0.25, -0.2) is 4.98 Å². The highest BCUT2D eigenvalue weighted by Crippen LogP contribution is 2.52. The van der Waals surface area contributed by atoms with Gasteiger partial charge < -0.3 is 15.4 Å². The van der Waals surface area contributed by atoms with Crippen LogP contribution in [0.4, 0.5) is 5.13 Å². The molecule has 3 fully saturated rings. The maximum Gasteiger partial charge on any atom is 0.258 e. The fourth-order valence-electron chi connectivity index (χ4n) is 4.76. The molecule has 2 heterocycles. The Morgan fingerprint density at radius 1 is 1.35 bits per heavy atom. The standard InChI is InChI=1S/C19H19N3O3S/c23-16(21-18-20-7-8-26-18)14-9-12-6-5-11(14)10-19(12)22-17(24)13-3-1-2-4-15(13)25-19/h1-4,7-8,11-12,14H,5-6,9-10H2,(H,22,24)(H,20,21,23)/t11-,12+,14+,19+/m1/s1. The monoisotopic (exact) mass is 369 g/mol. The molecule has 4 atom stereocenters. The van der Waals surface area contributed by atoms with Crippen LogP contribution in [-0.2, 0) is 4.79 Å². The van der Waals surface area contributed by atoms with Gasteiger partial charge in [0.15, 0.2) is 10.9 Å². The quantitative estimate of drug-likeness (QED) is 0.853. The number of aromatic nitrogens is 1. The fourth-order valence-corrected chi connectivity index (χ4v) is 5.30. The summed E-state index contributed by atoms with van der Waals surface area (Å²) in [6, 6.07) is 7.36. The van der Waals surface area contributed by atoms with E-state index >= 15 is 0 Å². The van der Waals surface area contributed by atoms with Crippen LogP contribution in [0.15, 0.2) is 35.8 Å². The number of amides is 2. The van der Waals surface area contributed by atoms with E-state index in [2.05, 4.69) is 15.6 Å². The molecular formula is C19H19N3O3S. The minimum Gasteiger partial charge on any atom is -0.467 e. The van der Waals surface area contributed by atoms with Gasteiger partial charge in [0.1, 0.15) is 5.75 Å². The van der Waals surface area contributed by atoms with Crippen LogP contribution in [0.1, 0.15) is 36.0 Å². The van der Waals surface area contributed by atoms with Gasteiger partial charge in [-0.1, -0.05) is 12.1 Å². The Kier molecular flexibility index (Phi) is 3.53. The van der Waals surface area contributed by atoms with Gasteiger partial charge in [-0.3, -0.25) is 9.59 Å². The van der Waals surface area contributed by atoms with E-state index in [0.29, 0.717) is 22.9 Å². The minimum atomic E-state index is -0.674. The molecule has 6 nitrogen and oxygen atoms in total. The van der Waals surface area contributed by atoms with E-state index in [0.717, 1.165) is 19.3 Å². The second-order valence-electron chi connectivity index (χ2n) is 7.35. The van der Waals surface area contributed by atoms with Crippen LogP contribution in [0.25, 0.3) is 0 Å². The average Bonchev–Trinajstić information content (AvgIpc) is 3.15. The van der Waals surface area contributed by atoms with Crippen molar-refractivity contribution >= 4 is 28.3 Å². The summed E-state index contributed by atoms with van der Waals surface area (Å²) in [6.45, 7) is 0. The number of hydrogen-bond acceptors (Lipinski definition) is 5. The Hall–Kier alpha value is -2.41. The van der Waals surface area contributed by atoms with Crippen molar-refractivity contribution in [3.8, 4) is 5.75 Å². The predicted octanol–water partition coefficient (Wildman–Crippen LogP) is 3.04. The molecular weight excluding hydrogens is 350 g/mol. The van der Waals surface area contributed by atoms with Crippen molar-refractivity contribution in [2.24, 2.45) is 17.8 Å². The molecule has 6 rings (SSSR count). The largest absolute Gasteiger partial charge is 0.467 e. The molecule has 26 heavy (non-hydrogen) atoms. The van der Waals surface area contributed by atoms with E-state index in [4.69, 9.17) is 4.74 Å². The first-order valence-corrected chi connectivity index (χ1v) is 9.83. The molecule has 1 spiro atoms. The number of ether oxygens (including phenoxy) is 1. The van der Waals surface area contributed by atoms with Crippen LogP contribution >= 0.6 is 11.3 Å². The normalized spacial score (nSPS) is 31.8. The van der Waals surface area contributed by atoms with Crippen LogP contribution < -0.4 is 15.4 Å². The Balaban J connectivity index is 1.38. The van der Waals surface area contributed by atoms with Gasteiger partial charge in [-0.05, 0) is 37.3 Å². The summed E-state index contributed by atoms with van der Waals surface area (Å²) >= 11 is 1.42. The number of fused-ring (bicyclic) bond motifs is 3. The SMILES string of the molecule is O=C1N[C@@]2(C[C@H]3CC[C@H]2C[C@@H]3C(=O)Nc2nccs2)Oc2ccccc21. The first kappa shape index (κ1) is 15.8. The molecule has 0 saturated heterocycles. The zero-order valence-corrected chi connectivity index (χ0v) is 14.9. The van der Waals surface area contributed by atoms with Crippen molar-refractivity contribution < 1.29 is 14.3 Å². The van der Waals surface area contributed by atoms with Crippen LogP contribution in [0.2, 0.25) is 0 Å². The van der Waals surface area contributed by atoms with Crippen molar-refractivity contribution in [3.05, 3.63) is 41.4 Å². The van der Waals surface area contributed by atoms with Crippen LogP contribution in [0.5, 0.6) is 5.75 Å². The maximum absolute atomic E-state index is 12.7. The van der Waals surface area contributed by atoms with Gasteiger partial charge >= 0.3 is 0 Å². The number of carbonyl (C=O) groups is 2. The number of hydrogen-bond donors (Lipinski definition) is 2. The first-order chi connectivity index (χ1) is 12.6. The highest BCUT2D eigenvalue weighted by molar-refractivity contribution is 7.13. The summed E-state index contributed by atoms with van der Waals surface area (Å²) in [6.07, 6.45) is 5.04. The smallest absolute Gasteiger partial charge is 0.258 e. The second-order valence-corrected chi connectivity index (χ2v) is 8.24. The van der Waals surface area contributed by atoms with Crippen molar-refractivity contribution in [2.45, 2.75) is 31.4 Å². The number of thiazole rings is 1. The van der Waals surface area contributed by atoms with E-state index in [1.165, 1.54) is 11.3 Å². The lowest BCUT2D eigenvalue weighted by Crippen LogP contribution is -2.66. The number of carbonyl (C=O) groups excluding carboxylic acids is 2. The van der Waals surface area contributed by atoms with Crippen molar-refractivity contribution in [2.75, 3.05) is 5.32 Å². The van der Waals surface area contributed by atoms with E-state index in [-0.39, 0.29) is 29.6 Å². The number of nitrogens with zero attached hydrogens (tertiary/aromatic N) is 1. The van der Waals surface area contributed by atoms with Crippen molar-refractivity contribution in [1.82, 2.24) is 10.3 Å². The summed E-state index contributed by atoms with van der Waals surface area (Å²) in [5.41, 5.74) is -0.0931.